The number of esters is 3. The number of hydrogen-bond donors (Lipinski definition) is 0. The molecule has 0 unspecified atom stereocenters. The first kappa shape index (κ1) is 49.4. The molecule has 0 aromatic carbocycles. The van der Waals surface area contributed by atoms with Crippen LogP contribution in [0.25, 0.3) is 0 Å². The highest BCUT2D eigenvalue weighted by Crippen LogP contribution is 2.16. The summed E-state index contributed by atoms with van der Waals surface area (Å²) in [5.74, 6) is 0.752. The van der Waals surface area contributed by atoms with Gasteiger partial charge in [0.2, 0.25) is 0 Å². The van der Waals surface area contributed by atoms with Crippen LogP contribution in [0.4, 0.5) is 0 Å². The summed E-state index contributed by atoms with van der Waals surface area (Å²) in [6.45, 7) is 11.3. The van der Waals surface area contributed by atoms with E-state index in [2.05, 4.69) is 34.6 Å². The fourth-order valence-electron chi connectivity index (χ4n) is 6.58. The lowest BCUT2D eigenvalue weighted by Gasteiger charge is -2.18. The number of hydrogen-bond acceptors (Lipinski definition) is 6. The van der Waals surface area contributed by atoms with Crippen molar-refractivity contribution in [3.8, 4) is 0 Å². The van der Waals surface area contributed by atoms with Crippen LogP contribution in [0.3, 0.4) is 0 Å². The first-order chi connectivity index (χ1) is 24.7. The van der Waals surface area contributed by atoms with Crippen LogP contribution in [-0.4, -0.2) is 37.2 Å². The van der Waals surface area contributed by atoms with Crippen LogP contribution in [0.2, 0.25) is 0 Å². The molecule has 0 fully saturated rings. The molecular weight excluding hydrogens is 636 g/mol. The first-order valence-corrected chi connectivity index (χ1v) is 22.2. The minimum absolute atomic E-state index is 0.0656. The molecule has 6 heteroatoms. The Balaban J connectivity index is 4.33. The Kier molecular flexibility index (Phi) is 37.0. The van der Waals surface area contributed by atoms with E-state index in [0.29, 0.717) is 19.3 Å². The molecular formula is C45H86O6. The van der Waals surface area contributed by atoms with E-state index in [4.69, 9.17) is 14.2 Å². The van der Waals surface area contributed by atoms with Gasteiger partial charge < -0.3 is 14.2 Å². The molecule has 6 nitrogen and oxygen atoms in total. The molecule has 0 amide bonds. The van der Waals surface area contributed by atoms with Gasteiger partial charge in [0.15, 0.2) is 6.10 Å². The summed E-state index contributed by atoms with van der Waals surface area (Å²) in [5.41, 5.74) is 0. The van der Waals surface area contributed by atoms with Crippen molar-refractivity contribution in [3.05, 3.63) is 0 Å². The molecule has 0 aliphatic heterocycles. The van der Waals surface area contributed by atoms with Crippen molar-refractivity contribution < 1.29 is 28.6 Å². The molecule has 0 rings (SSSR count). The Morgan fingerprint density at radius 1 is 0.373 bits per heavy atom. The van der Waals surface area contributed by atoms with Crippen molar-refractivity contribution >= 4 is 17.9 Å². The topological polar surface area (TPSA) is 78.9 Å². The lowest BCUT2D eigenvalue weighted by molar-refractivity contribution is -0.167. The highest BCUT2D eigenvalue weighted by molar-refractivity contribution is 5.71. The highest BCUT2D eigenvalue weighted by atomic mass is 16.6. The first-order valence-electron chi connectivity index (χ1n) is 22.2. The van der Waals surface area contributed by atoms with Crippen LogP contribution in [0.1, 0.15) is 240 Å². The van der Waals surface area contributed by atoms with E-state index in [0.717, 1.165) is 69.6 Å². The summed E-state index contributed by atoms with van der Waals surface area (Å²) in [6.07, 6.45) is 35.2. The van der Waals surface area contributed by atoms with Gasteiger partial charge in [-0.2, -0.15) is 0 Å². The lowest BCUT2D eigenvalue weighted by atomic mass is 10.0. The van der Waals surface area contributed by atoms with E-state index in [1.165, 1.54) is 128 Å². The molecule has 0 aromatic heterocycles. The maximum Gasteiger partial charge on any atom is 0.306 e. The number of unbranched alkanes of at least 4 members (excludes halogenated alkanes) is 24. The van der Waals surface area contributed by atoms with Gasteiger partial charge in [-0.15, -0.1) is 0 Å². The van der Waals surface area contributed by atoms with Gasteiger partial charge in [-0.05, 0) is 31.1 Å². The normalized spacial score (nSPS) is 12.1. The Bertz CT molecular complexity index is 779. The average molecular weight is 723 g/mol. The summed E-state index contributed by atoms with van der Waals surface area (Å²) in [7, 11) is 0. The summed E-state index contributed by atoms with van der Waals surface area (Å²) < 4.78 is 16.7. The summed E-state index contributed by atoms with van der Waals surface area (Å²) in [6, 6.07) is 0. The van der Waals surface area contributed by atoms with Gasteiger partial charge in [0.1, 0.15) is 13.2 Å². The third kappa shape index (κ3) is 39.5. The van der Waals surface area contributed by atoms with Crippen molar-refractivity contribution in [1.29, 1.82) is 0 Å². The van der Waals surface area contributed by atoms with Gasteiger partial charge in [0, 0.05) is 19.3 Å². The van der Waals surface area contributed by atoms with Crippen LogP contribution >= 0.6 is 0 Å². The molecule has 302 valence electrons. The zero-order valence-corrected chi connectivity index (χ0v) is 34.7. The van der Waals surface area contributed by atoms with Gasteiger partial charge in [-0.25, -0.2) is 0 Å². The standard InChI is InChI=1S/C45H86O6/c1-6-7-8-9-10-13-20-25-30-35-43(46)49-38-42(51-45(48)37-32-27-22-17-12-15-19-24-29-34-41(4)5)39-50-44(47)36-31-26-21-16-11-14-18-23-28-33-40(2)3/h40-42H,6-39H2,1-5H3/t42-/m0/s1. The number of carbonyl (C=O) groups excluding carboxylic acids is 3. The average Bonchev–Trinajstić information content (AvgIpc) is 3.09. The molecule has 0 heterocycles. The Hall–Kier alpha value is -1.59. The fourth-order valence-corrected chi connectivity index (χ4v) is 6.58. The minimum Gasteiger partial charge on any atom is -0.462 e. The summed E-state index contributed by atoms with van der Waals surface area (Å²) in [4.78, 5) is 37.6. The zero-order chi connectivity index (χ0) is 37.6. The SMILES string of the molecule is CCCCCCCCCCCC(=O)OC[C@@H](COC(=O)CCCCCCCCCCCC(C)C)OC(=O)CCCCCCCCCCCC(C)C. The third-order valence-corrected chi connectivity index (χ3v) is 9.97. The minimum atomic E-state index is -0.759. The molecule has 0 saturated heterocycles. The third-order valence-electron chi connectivity index (χ3n) is 9.97. The van der Waals surface area contributed by atoms with Crippen molar-refractivity contribution in [2.75, 3.05) is 13.2 Å². The Morgan fingerprint density at radius 2 is 0.647 bits per heavy atom. The molecule has 0 aliphatic rings. The maximum atomic E-state index is 12.7. The predicted octanol–water partition coefficient (Wildman–Crippen LogP) is 13.8. The van der Waals surface area contributed by atoms with Crippen molar-refractivity contribution in [3.63, 3.8) is 0 Å². The molecule has 0 spiro atoms. The van der Waals surface area contributed by atoms with E-state index < -0.39 is 6.10 Å². The second kappa shape index (κ2) is 38.1. The molecule has 0 aliphatic carbocycles. The van der Waals surface area contributed by atoms with Crippen molar-refractivity contribution in [2.24, 2.45) is 11.8 Å². The lowest BCUT2D eigenvalue weighted by Crippen LogP contribution is -2.30. The zero-order valence-electron chi connectivity index (χ0n) is 34.7. The molecule has 1 atom stereocenters. The molecule has 0 saturated carbocycles. The van der Waals surface area contributed by atoms with E-state index in [9.17, 15) is 14.4 Å². The van der Waals surface area contributed by atoms with Crippen LogP contribution in [0, 0.1) is 11.8 Å². The van der Waals surface area contributed by atoms with Gasteiger partial charge in [-0.3, -0.25) is 14.4 Å². The van der Waals surface area contributed by atoms with Crippen LogP contribution < -0.4 is 0 Å². The van der Waals surface area contributed by atoms with Gasteiger partial charge in [0.25, 0.3) is 0 Å². The van der Waals surface area contributed by atoms with E-state index >= 15 is 0 Å². The fraction of sp³-hybridized carbons (Fsp3) is 0.933. The smallest absolute Gasteiger partial charge is 0.306 e. The highest BCUT2D eigenvalue weighted by Gasteiger charge is 2.19. The second-order valence-corrected chi connectivity index (χ2v) is 16.3. The van der Waals surface area contributed by atoms with Crippen molar-refractivity contribution in [2.45, 2.75) is 246 Å². The molecule has 0 bridgehead atoms. The van der Waals surface area contributed by atoms with E-state index in [1.54, 1.807) is 0 Å². The summed E-state index contributed by atoms with van der Waals surface area (Å²) >= 11 is 0. The quantitative estimate of drug-likeness (QED) is 0.0357. The second-order valence-electron chi connectivity index (χ2n) is 16.3. The van der Waals surface area contributed by atoms with E-state index in [-0.39, 0.29) is 31.1 Å². The number of carbonyl (C=O) groups is 3. The monoisotopic (exact) mass is 723 g/mol. The van der Waals surface area contributed by atoms with Crippen LogP contribution in [-0.2, 0) is 28.6 Å². The summed E-state index contributed by atoms with van der Waals surface area (Å²) in [5, 5.41) is 0. The predicted molar refractivity (Wildman–Crippen MR) is 215 cm³/mol. The molecule has 0 N–H and O–H groups in total. The molecule has 0 aromatic rings. The number of rotatable bonds is 39. The molecule has 0 radical (unpaired) electrons. The van der Waals surface area contributed by atoms with Crippen LogP contribution in [0.5, 0.6) is 0 Å². The van der Waals surface area contributed by atoms with E-state index in [1.807, 2.05) is 0 Å². The Labute approximate surface area is 317 Å². The molecule has 51 heavy (non-hydrogen) atoms. The number of ether oxygens (including phenoxy) is 3. The Morgan fingerprint density at radius 3 is 0.961 bits per heavy atom. The van der Waals surface area contributed by atoms with Gasteiger partial charge >= 0.3 is 17.9 Å². The maximum absolute atomic E-state index is 12.7. The van der Waals surface area contributed by atoms with Gasteiger partial charge in [0.05, 0.1) is 0 Å². The van der Waals surface area contributed by atoms with Crippen LogP contribution in [0.15, 0.2) is 0 Å². The largest absolute Gasteiger partial charge is 0.462 e. The van der Waals surface area contributed by atoms with Gasteiger partial charge in [-0.1, -0.05) is 202 Å². The van der Waals surface area contributed by atoms with Crippen molar-refractivity contribution in [1.82, 2.24) is 0 Å².